The Hall–Kier alpha value is -2.54. The van der Waals surface area contributed by atoms with Gasteiger partial charge in [-0.1, -0.05) is 46.6 Å². The largest absolute Gasteiger partial charge is 0.497 e. The summed E-state index contributed by atoms with van der Waals surface area (Å²) in [7, 11) is 1.68. The molecule has 1 aliphatic heterocycles. The Labute approximate surface area is 197 Å². The van der Waals surface area contributed by atoms with Crippen molar-refractivity contribution in [2.45, 2.75) is 32.4 Å². The third kappa shape index (κ3) is 4.93. The number of aryl methyl sites for hydroxylation is 1. The molecule has 0 unspecified atom stereocenters. The average Bonchev–Trinajstić information content (AvgIpc) is 3.16. The van der Waals surface area contributed by atoms with Crippen LogP contribution in [0.3, 0.4) is 0 Å². The molecular formula is C24H25Cl2N3O3. The molecule has 0 spiro atoms. The average molecular weight is 474 g/mol. The van der Waals surface area contributed by atoms with Crippen LogP contribution in [0.25, 0.3) is 11.3 Å². The van der Waals surface area contributed by atoms with E-state index < -0.39 is 0 Å². The topological polar surface area (TPSA) is 67.6 Å². The lowest BCUT2D eigenvalue weighted by atomic mass is 10.0. The molecule has 0 radical (unpaired) electrons. The first-order valence-electron chi connectivity index (χ1n) is 10.5. The van der Waals surface area contributed by atoms with Crippen molar-refractivity contribution in [2.75, 3.05) is 20.2 Å². The molecule has 2 heterocycles. The number of ether oxygens (including phenoxy) is 1. The lowest BCUT2D eigenvalue weighted by Crippen LogP contribution is -2.44. The van der Waals surface area contributed by atoms with E-state index in [1.165, 1.54) is 5.56 Å². The molecule has 4 rings (SSSR count). The number of carbonyl (C=O) groups is 1. The van der Waals surface area contributed by atoms with Crippen LogP contribution >= 0.6 is 23.2 Å². The summed E-state index contributed by atoms with van der Waals surface area (Å²) in [6.07, 6.45) is 1.73. The van der Waals surface area contributed by atoms with Gasteiger partial charge in [0.1, 0.15) is 22.8 Å². The molecule has 1 aliphatic rings. The molecular weight excluding hydrogens is 449 g/mol. The number of carbonyl (C=O) groups excluding carboxylic acids is 1. The van der Waals surface area contributed by atoms with E-state index in [0.717, 1.165) is 38.2 Å². The summed E-state index contributed by atoms with van der Waals surface area (Å²) in [6, 6.07) is 13.4. The van der Waals surface area contributed by atoms with Crippen molar-refractivity contribution < 1.29 is 14.1 Å². The molecule has 2 aromatic carbocycles. The summed E-state index contributed by atoms with van der Waals surface area (Å²) in [5.74, 6) is 1.08. The Balaban J connectivity index is 1.40. The zero-order valence-corrected chi connectivity index (χ0v) is 19.5. The van der Waals surface area contributed by atoms with Gasteiger partial charge in [0.15, 0.2) is 0 Å². The van der Waals surface area contributed by atoms with Crippen LogP contribution in [0, 0.1) is 6.92 Å². The van der Waals surface area contributed by atoms with Crippen molar-refractivity contribution >= 4 is 29.1 Å². The first-order valence-corrected chi connectivity index (χ1v) is 11.3. The number of hydrogen-bond donors (Lipinski definition) is 1. The van der Waals surface area contributed by atoms with Crippen molar-refractivity contribution in [3.63, 3.8) is 0 Å². The number of benzene rings is 2. The lowest BCUT2D eigenvalue weighted by molar-refractivity contribution is 0.0908. The third-order valence-electron chi connectivity index (χ3n) is 5.75. The van der Waals surface area contributed by atoms with Crippen LogP contribution < -0.4 is 10.1 Å². The number of rotatable bonds is 6. The smallest absolute Gasteiger partial charge is 0.257 e. The van der Waals surface area contributed by atoms with Crippen molar-refractivity contribution in [1.29, 1.82) is 0 Å². The van der Waals surface area contributed by atoms with Crippen LogP contribution in [0.4, 0.5) is 0 Å². The minimum atomic E-state index is -0.221. The molecule has 1 N–H and O–H groups in total. The highest BCUT2D eigenvalue weighted by atomic mass is 35.5. The van der Waals surface area contributed by atoms with E-state index in [0.29, 0.717) is 32.6 Å². The molecule has 0 aliphatic carbocycles. The third-order valence-corrected chi connectivity index (χ3v) is 6.38. The van der Waals surface area contributed by atoms with E-state index in [9.17, 15) is 4.79 Å². The van der Waals surface area contributed by atoms with Gasteiger partial charge in [-0.15, -0.1) is 0 Å². The van der Waals surface area contributed by atoms with Gasteiger partial charge in [0.05, 0.1) is 17.2 Å². The summed E-state index contributed by atoms with van der Waals surface area (Å²) in [6.45, 7) is 4.37. The monoisotopic (exact) mass is 473 g/mol. The first-order chi connectivity index (χ1) is 15.5. The molecule has 3 aromatic rings. The Morgan fingerprint density at radius 3 is 2.56 bits per heavy atom. The predicted molar refractivity (Wildman–Crippen MR) is 125 cm³/mol. The Morgan fingerprint density at radius 1 is 1.19 bits per heavy atom. The maximum atomic E-state index is 13.1. The Bertz CT molecular complexity index is 1090. The summed E-state index contributed by atoms with van der Waals surface area (Å²) in [5.41, 5.74) is 2.46. The highest BCUT2D eigenvalue weighted by molar-refractivity contribution is 6.39. The maximum Gasteiger partial charge on any atom is 0.257 e. The van der Waals surface area contributed by atoms with Gasteiger partial charge >= 0.3 is 0 Å². The van der Waals surface area contributed by atoms with Crippen LogP contribution in [-0.2, 0) is 6.54 Å². The Kier molecular flexibility index (Phi) is 7.04. The lowest BCUT2D eigenvalue weighted by Gasteiger charge is -2.32. The van der Waals surface area contributed by atoms with Crippen LogP contribution in [-0.4, -0.2) is 42.2 Å². The second-order valence-electron chi connectivity index (χ2n) is 7.93. The van der Waals surface area contributed by atoms with Crippen molar-refractivity contribution in [3.05, 3.63) is 69.4 Å². The second-order valence-corrected chi connectivity index (χ2v) is 8.75. The molecule has 6 nitrogen and oxygen atoms in total. The SMILES string of the molecule is COc1cccc(CN2CCC(NC(=O)c3c(-c4c(Cl)cccc4Cl)noc3C)CC2)c1. The highest BCUT2D eigenvalue weighted by Crippen LogP contribution is 2.36. The molecule has 0 saturated carbocycles. The van der Waals surface area contributed by atoms with Crippen LogP contribution in [0.2, 0.25) is 10.0 Å². The van der Waals surface area contributed by atoms with E-state index in [1.807, 2.05) is 12.1 Å². The van der Waals surface area contributed by atoms with E-state index in [2.05, 4.69) is 27.5 Å². The maximum absolute atomic E-state index is 13.1. The van der Waals surface area contributed by atoms with Crippen LogP contribution in [0.5, 0.6) is 5.75 Å². The number of hydrogen-bond acceptors (Lipinski definition) is 5. The number of piperidine rings is 1. The van der Waals surface area contributed by atoms with E-state index in [-0.39, 0.29) is 11.9 Å². The van der Waals surface area contributed by atoms with Crippen molar-refractivity contribution in [1.82, 2.24) is 15.4 Å². The molecule has 1 amide bonds. The number of aromatic nitrogens is 1. The summed E-state index contributed by atoms with van der Waals surface area (Å²) < 4.78 is 10.6. The quantitative estimate of drug-likeness (QED) is 0.521. The van der Waals surface area contributed by atoms with E-state index in [4.69, 9.17) is 32.5 Å². The number of halogens is 2. The summed E-state index contributed by atoms with van der Waals surface area (Å²) >= 11 is 12.7. The first kappa shape index (κ1) is 22.6. The Morgan fingerprint density at radius 2 is 1.88 bits per heavy atom. The van der Waals surface area contributed by atoms with E-state index in [1.54, 1.807) is 32.2 Å². The number of methoxy groups -OCH3 is 1. The van der Waals surface area contributed by atoms with Crippen molar-refractivity contribution in [3.8, 4) is 17.0 Å². The number of nitrogens with zero attached hydrogens (tertiary/aromatic N) is 2. The molecule has 1 saturated heterocycles. The minimum Gasteiger partial charge on any atom is -0.497 e. The van der Waals surface area contributed by atoms with Gasteiger partial charge < -0.3 is 14.6 Å². The van der Waals surface area contributed by atoms with Gasteiger partial charge in [0.2, 0.25) is 0 Å². The predicted octanol–water partition coefficient (Wildman–Crippen LogP) is 5.36. The normalized spacial score (nSPS) is 15.0. The molecule has 168 valence electrons. The number of nitrogens with one attached hydrogen (secondary N) is 1. The standard InChI is InChI=1S/C24H25Cl2N3O3/c1-15-21(23(28-32-15)22-19(25)7-4-8-20(22)26)24(30)27-17-9-11-29(12-10-17)14-16-5-3-6-18(13-16)31-2/h3-8,13,17H,9-12,14H2,1-2H3,(H,27,30). The fourth-order valence-corrected chi connectivity index (χ4v) is 4.63. The van der Waals surface area contributed by atoms with Gasteiger partial charge in [-0.25, -0.2) is 0 Å². The van der Waals surface area contributed by atoms with Crippen LogP contribution in [0.15, 0.2) is 47.0 Å². The zero-order valence-electron chi connectivity index (χ0n) is 18.0. The van der Waals surface area contributed by atoms with E-state index >= 15 is 0 Å². The fourth-order valence-electron chi connectivity index (χ4n) is 4.06. The molecule has 1 fully saturated rings. The molecule has 1 aromatic heterocycles. The molecule has 0 atom stereocenters. The van der Waals surface area contributed by atoms with Gasteiger partial charge in [-0.05, 0) is 49.6 Å². The summed E-state index contributed by atoms with van der Waals surface area (Å²) in [4.78, 5) is 15.5. The van der Waals surface area contributed by atoms with Crippen molar-refractivity contribution in [2.24, 2.45) is 0 Å². The van der Waals surface area contributed by atoms with Crippen LogP contribution in [0.1, 0.15) is 34.5 Å². The number of likely N-dealkylation sites (tertiary alicyclic amines) is 1. The molecule has 32 heavy (non-hydrogen) atoms. The van der Waals surface area contributed by atoms with Gasteiger partial charge in [-0.2, -0.15) is 0 Å². The summed E-state index contributed by atoms with van der Waals surface area (Å²) in [5, 5.41) is 8.06. The highest BCUT2D eigenvalue weighted by Gasteiger charge is 2.28. The number of amides is 1. The zero-order chi connectivity index (χ0) is 22.7. The van der Waals surface area contributed by atoms with Gasteiger partial charge in [0, 0.05) is 31.2 Å². The van der Waals surface area contributed by atoms with Gasteiger partial charge in [0.25, 0.3) is 5.91 Å². The molecule has 0 bridgehead atoms. The fraction of sp³-hybridized carbons (Fsp3) is 0.333. The van der Waals surface area contributed by atoms with Gasteiger partial charge in [-0.3, -0.25) is 9.69 Å². The minimum absolute atomic E-state index is 0.0768. The molecule has 8 heteroatoms. The second kappa shape index (κ2) is 9.94.